The van der Waals surface area contributed by atoms with Crippen LogP contribution in [-0.4, -0.2) is 25.7 Å². The van der Waals surface area contributed by atoms with E-state index in [1.54, 1.807) is 35.3 Å². The van der Waals surface area contributed by atoms with E-state index in [1.807, 2.05) is 18.2 Å². The summed E-state index contributed by atoms with van der Waals surface area (Å²) in [4.78, 5) is 21.0. The summed E-state index contributed by atoms with van der Waals surface area (Å²) in [5.74, 6) is 0.754. The van der Waals surface area contributed by atoms with Gasteiger partial charge in [0.25, 0.3) is 11.9 Å². The number of amides is 1. The molecule has 0 unspecified atom stereocenters. The SMILES string of the molecule is CC(C)(C)c1cc(NC(=O)c2ccc(I)cc2)n(-c2ncccn2)n1. The van der Waals surface area contributed by atoms with Crippen LogP contribution in [0.5, 0.6) is 0 Å². The van der Waals surface area contributed by atoms with Crippen LogP contribution in [0.15, 0.2) is 48.8 Å². The second-order valence-corrected chi connectivity index (χ2v) is 7.83. The van der Waals surface area contributed by atoms with Gasteiger partial charge < -0.3 is 5.32 Å². The molecule has 0 fully saturated rings. The number of nitrogens with zero attached hydrogens (tertiary/aromatic N) is 4. The maximum absolute atomic E-state index is 12.6. The average molecular weight is 447 g/mol. The molecule has 128 valence electrons. The molecule has 0 spiro atoms. The summed E-state index contributed by atoms with van der Waals surface area (Å²) in [6.45, 7) is 6.20. The molecule has 3 rings (SSSR count). The lowest BCUT2D eigenvalue weighted by molar-refractivity contribution is 0.102. The first-order valence-corrected chi connectivity index (χ1v) is 8.87. The highest BCUT2D eigenvalue weighted by Gasteiger charge is 2.22. The van der Waals surface area contributed by atoms with Crippen molar-refractivity contribution in [1.29, 1.82) is 0 Å². The number of hydrogen-bond acceptors (Lipinski definition) is 4. The summed E-state index contributed by atoms with van der Waals surface area (Å²) in [7, 11) is 0. The standard InChI is InChI=1S/C18H18IN5O/c1-18(2,3)14-11-15(24(23-14)17-20-9-4-10-21-17)22-16(25)12-5-7-13(19)8-6-12/h4-11H,1-3H3,(H,22,25). The molecule has 1 N–H and O–H groups in total. The molecule has 1 amide bonds. The van der Waals surface area contributed by atoms with Gasteiger partial charge >= 0.3 is 0 Å². The Bertz CT molecular complexity index is 882. The van der Waals surface area contributed by atoms with Crippen molar-refractivity contribution in [2.24, 2.45) is 0 Å². The minimum Gasteiger partial charge on any atom is -0.306 e. The van der Waals surface area contributed by atoms with E-state index in [-0.39, 0.29) is 11.3 Å². The van der Waals surface area contributed by atoms with Gasteiger partial charge in [0.05, 0.1) is 5.69 Å². The van der Waals surface area contributed by atoms with Crippen LogP contribution in [0, 0.1) is 3.57 Å². The normalized spacial score (nSPS) is 11.4. The quantitative estimate of drug-likeness (QED) is 0.620. The zero-order valence-electron chi connectivity index (χ0n) is 14.2. The topological polar surface area (TPSA) is 72.7 Å². The first kappa shape index (κ1) is 17.5. The molecule has 0 atom stereocenters. The molecule has 0 bridgehead atoms. The van der Waals surface area contributed by atoms with Crippen molar-refractivity contribution in [2.45, 2.75) is 26.2 Å². The van der Waals surface area contributed by atoms with Crippen molar-refractivity contribution in [3.8, 4) is 5.95 Å². The van der Waals surface area contributed by atoms with Crippen molar-refractivity contribution in [3.63, 3.8) is 0 Å². The highest BCUT2D eigenvalue weighted by atomic mass is 127. The average Bonchev–Trinajstić information content (AvgIpc) is 3.00. The van der Waals surface area contributed by atoms with Crippen molar-refractivity contribution < 1.29 is 4.79 Å². The molecule has 1 aromatic carbocycles. The number of halogens is 1. The van der Waals surface area contributed by atoms with Gasteiger partial charge in [-0.1, -0.05) is 20.8 Å². The van der Waals surface area contributed by atoms with E-state index >= 15 is 0 Å². The van der Waals surface area contributed by atoms with Crippen molar-refractivity contribution in [3.05, 3.63) is 63.6 Å². The van der Waals surface area contributed by atoms with Crippen LogP contribution in [0.4, 0.5) is 5.82 Å². The minimum atomic E-state index is -0.200. The summed E-state index contributed by atoms with van der Waals surface area (Å²) < 4.78 is 2.64. The lowest BCUT2D eigenvalue weighted by Crippen LogP contribution is -2.16. The molecule has 3 aromatic rings. The van der Waals surface area contributed by atoms with Crippen LogP contribution in [0.2, 0.25) is 0 Å². The summed E-state index contributed by atoms with van der Waals surface area (Å²) >= 11 is 2.21. The van der Waals surface area contributed by atoms with E-state index < -0.39 is 0 Å². The summed E-state index contributed by atoms with van der Waals surface area (Å²) in [5.41, 5.74) is 1.26. The fourth-order valence-electron chi connectivity index (χ4n) is 2.18. The Hall–Kier alpha value is -2.29. The Morgan fingerprint density at radius 2 is 1.76 bits per heavy atom. The van der Waals surface area contributed by atoms with E-state index in [4.69, 9.17) is 0 Å². The predicted octanol–water partition coefficient (Wildman–Crippen LogP) is 3.82. The number of carbonyl (C=O) groups is 1. The Morgan fingerprint density at radius 1 is 1.12 bits per heavy atom. The molecule has 0 radical (unpaired) electrons. The zero-order chi connectivity index (χ0) is 18.0. The molecule has 7 heteroatoms. The Morgan fingerprint density at radius 3 is 2.36 bits per heavy atom. The number of benzene rings is 1. The van der Waals surface area contributed by atoms with Gasteiger partial charge in [-0.2, -0.15) is 9.78 Å². The lowest BCUT2D eigenvalue weighted by Gasteiger charge is -2.13. The summed E-state index contributed by atoms with van der Waals surface area (Å²) in [6.07, 6.45) is 3.29. The number of anilines is 1. The first-order valence-electron chi connectivity index (χ1n) is 7.79. The minimum absolute atomic E-state index is 0.164. The largest absolute Gasteiger partial charge is 0.306 e. The van der Waals surface area contributed by atoms with Gasteiger partial charge in [0.1, 0.15) is 5.82 Å². The third-order valence-electron chi connectivity index (χ3n) is 3.57. The molecule has 2 aromatic heterocycles. The van der Waals surface area contributed by atoms with Crippen LogP contribution < -0.4 is 5.32 Å². The van der Waals surface area contributed by atoms with Gasteiger partial charge in [-0.15, -0.1) is 0 Å². The van der Waals surface area contributed by atoms with Gasteiger partial charge in [-0.3, -0.25) is 4.79 Å². The Labute approximate surface area is 159 Å². The number of aromatic nitrogens is 4. The molecule has 2 heterocycles. The number of carbonyl (C=O) groups excluding carboxylic acids is 1. The zero-order valence-corrected chi connectivity index (χ0v) is 16.4. The van der Waals surface area contributed by atoms with E-state index in [2.05, 4.69) is 63.7 Å². The van der Waals surface area contributed by atoms with E-state index in [1.165, 1.54) is 0 Å². The Balaban J connectivity index is 1.98. The fraction of sp³-hybridized carbons (Fsp3) is 0.222. The van der Waals surface area contributed by atoms with Crippen LogP contribution in [-0.2, 0) is 5.41 Å². The third-order valence-corrected chi connectivity index (χ3v) is 4.29. The van der Waals surface area contributed by atoms with Gasteiger partial charge in [0.15, 0.2) is 0 Å². The van der Waals surface area contributed by atoms with Crippen molar-refractivity contribution in [1.82, 2.24) is 19.7 Å². The van der Waals surface area contributed by atoms with E-state index in [0.29, 0.717) is 17.3 Å². The lowest BCUT2D eigenvalue weighted by atomic mass is 9.92. The second kappa shape index (κ2) is 6.91. The van der Waals surface area contributed by atoms with Crippen molar-refractivity contribution in [2.75, 3.05) is 5.32 Å². The first-order chi connectivity index (χ1) is 11.8. The maximum Gasteiger partial charge on any atom is 0.256 e. The van der Waals surface area contributed by atoms with Gasteiger partial charge in [-0.25, -0.2) is 9.97 Å². The number of nitrogens with one attached hydrogen (secondary N) is 1. The van der Waals surface area contributed by atoms with Crippen LogP contribution in [0.1, 0.15) is 36.8 Å². The van der Waals surface area contributed by atoms with E-state index in [9.17, 15) is 4.79 Å². The molecule has 0 aliphatic rings. The van der Waals surface area contributed by atoms with Gasteiger partial charge in [-0.05, 0) is 52.9 Å². The smallest absolute Gasteiger partial charge is 0.256 e. The van der Waals surface area contributed by atoms with Crippen LogP contribution in [0.25, 0.3) is 5.95 Å². The Kier molecular flexibility index (Phi) is 4.85. The molecule has 0 aliphatic heterocycles. The molecule has 0 saturated carbocycles. The van der Waals surface area contributed by atoms with E-state index in [0.717, 1.165) is 9.26 Å². The number of hydrogen-bond donors (Lipinski definition) is 1. The van der Waals surface area contributed by atoms with Crippen molar-refractivity contribution >= 4 is 34.3 Å². The molecule has 25 heavy (non-hydrogen) atoms. The summed E-state index contributed by atoms with van der Waals surface area (Å²) in [6, 6.07) is 11.0. The predicted molar refractivity (Wildman–Crippen MR) is 105 cm³/mol. The highest BCUT2D eigenvalue weighted by molar-refractivity contribution is 14.1. The highest BCUT2D eigenvalue weighted by Crippen LogP contribution is 2.25. The maximum atomic E-state index is 12.6. The van der Waals surface area contributed by atoms with Gasteiger partial charge in [0.2, 0.25) is 0 Å². The number of rotatable bonds is 3. The molecule has 6 nitrogen and oxygen atoms in total. The summed E-state index contributed by atoms with van der Waals surface area (Å²) in [5, 5.41) is 7.50. The monoisotopic (exact) mass is 447 g/mol. The molecule has 0 aliphatic carbocycles. The third kappa shape index (κ3) is 4.04. The fourth-order valence-corrected chi connectivity index (χ4v) is 2.54. The molecule has 0 saturated heterocycles. The van der Waals surface area contributed by atoms with Crippen LogP contribution in [0.3, 0.4) is 0 Å². The molecular weight excluding hydrogens is 429 g/mol. The molecular formula is C18H18IN5O. The second-order valence-electron chi connectivity index (χ2n) is 6.59. The van der Waals surface area contributed by atoms with Gasteiger partial charge in [0, 0.05) is 33.0 Å². The van der Waals surface area contributed by atoms with Crippen LogP contribution >= 0.6 is 22.6 Å².